The van der Waals surface area contributed by atoms with Crippen LogP contribution in [0.25, 0.3) is 0 Å². The highest BCUT2D eigenvalue weighted by Gasteiger charge is 2.59. The van der Waals surface area contributed by atoms with Crippen molar-refractivity contribution >= 4 is 5.96 Å². The second-order valence-electron chi connectivity index (χ2n) is 7.74. The Morgan fingerprint density at radius 1 is 1.35 bits per heavy atom. The van der Waals surface area contributed by atoms with E-state index in [1.54, 1.807) is 0 Å². The fourth-order valence-corrected chi connectivity index (χ4v) is 3.73. The summed E-state index contributed by atoms with van der Waals surface area (Å²) in [5.74, 6) is 2.22. The standard InChI is InChI=1S/C18H35N3O2/c1-6-19-17(20-9-12-22-10-7-13(2)3)21-15-14-8-11-23-16(14)18(15,4)5/h13-16H,6-12H2,1-5H3,(H2,19,20,21). The predicted octanol–water partition coefficient (Wildman–Crippen LogP) is 2.42. The summed E-state index contributed by atoms with van der Waals surface area (Å²) in [6, 6.07) is 0.439. The van der Waals surface area contributed by atoms with Gasteiger partial charge in [0.15, 0.2) is 5.96 Å². The number of hydrogen-bond acceptors (Lipinski definition) is 3. The first kappa shape index (κ1) is 18.5. The van der Waals surface area contributed by atoms with Crippen LogP contribution in [-0.2, 0) is 9.47 Å². The summed E-state index contributed by atoms with van der Waals surface area (Å²) in [6.45, 7) is 15.1. The molecule has 1 saturated carbocycles. The minimum atomic E-state index is 0.172. The summed E-state index contributed by atoms with van der Waals surface area (Å²) in [4.78, 5) is 4.66. The molecule has 2 aliphatic rings. The Bertz CT molecular complexity index is 396. The second kappa shape index (κ2) is 8.34. The lowest BCUT2D eigenvalue weighted by atomic mass is 9.57. The molecule has 2 fully saturated rings. The van der Waals surface area contributed by atoms with E-state index in [1.165, 1.54) is 0 Å². The van der Waals surface area contributed by atoms with Crippen LogP contribution in [0.4, 0.5) is 0 Å². The average molecular weight is 325 g/mol. The SMILES string of the molecule is CCNC(=NCCOCCC(C)C)NC1C2CCOC2C1(C)C. The van der Waals surface area contributed by atoms with Gasteiger partial charge in [-0.3, -0.25) is 4.99 Å². The Morgan fingerprint density at radius 3 is 2.83 bits per heavy atom. The first-order valence-corrected chi connectivity index (χ1v) is 9.21. The third-order valence-corrected chi connectivity index (χ3v) is 5.08. The first-order valence-electron chi connectivity index (χ1n) is 9.21. The molecule has 2 N–H and O–H groups in total. The van der Waals surface area contributed by atoms with Crippen molar-refractivity contribution in [1.29, 1.82) is 0 Å². The highest BCUT2D eigenvalue weighted by Crippen LogP contribution is 2.52. The molecule has 0 aromatic heterocycles. The molecule has 0 aromatic carbocycles. The number of hydrogen-bond donors (Lipinski definition) is 2. The monoisotopic (exact) mass is 325 g/mol. The molecule has 1 aliphatic heterocycles. The van der Waals surface area contributed by atoms with Crippen LogP contribution in [-0.4, -0.2) is 51.0 Å². The highest BCUT2D eigenvalue weighted by molar-refractivity contribution is 5.80. The summed E-state index contributed by atoms with van der Waals surface area (Å²) in [5.41, 5.74) is 0.172. The summed E-state index contributed by atoms with van der Waals surface area (Å²) >= 11 is 0. The molecule has 5 nitrogen and oxygen atoms in total. The van der Waals surface area contributed by atoms with Crippen LogP contribution < -0.4 is 10.6 Å². The van der Waals surface area contributed by atoms with Crippen molar-refractivity contribution in [2.75, 3.05) is 32.9 Å². The van der Waals surface area contributed by atoms with Crippen molar-refractivity contribution in [3.05, 3.63) is 0 Å². The molecule has 5 heteroatoms. The Labute approximate surface area is 141 Å². The van der Waals surface area contributed by atoms with Crippen LogP contribution in [0.15, 0.2) is 4.99 Å². The van der Waals surface area contributed by atoms with Gasteiger partial charge in [0.25, 0.3) is 0 Å². The van der Waals surface area contributed by atoms with Gasteiger partial charge in [0, 0.05) is 37.1 Å². The number of aliphatic imine (C=N–C) groups is 1. The van der Waals surface area contributed by atoms with Gasteiger partial charge in [-0.25, -0.2) is 0 Å². The van der Waals surface area contributed by atoms with E-state index in [2.05, 4.69) is 50.2 Å². The third kappa shape index (κ3) is 4.60. The zero-order chi connectivity index (χ0) is 16.9. The molecule has 3 atom stereocenters. The lowest BCUT2D eigenvalue weighted by Crippen LogP contribution is -2.68. The Hall–Kier alpha value is -0.810. The largest absolute Gasteiger partial charge is 0.380 e. The van der Waals surface area contributed by atoms with E-state index in [1.807, 2.05) is 0 Å². The predicted molar refractivity (Wildman–Crippen MR) is 94.8 cm³/mol. The van der Waals surface area contributed by atoms with E-state index in [0.29, 0.717) is 37.1 Å². The molecule has 0 bridgehead atoms. The minimum Gasteiger partial charge on any atom is -0.380 e. The smallest absolute Gasteiger partial charge is 0.191 e. The van der Waals surface area contributed by atoms with Crippen LogP contribution in [0, 0.1) is 17.3 Å². The molecule has 3 unspecified atom stereocenters. The van der Waals surface area contributed by atoms with Crippen molar-refractivity contribution in [2.45, 2.75) is 59.6 Å². The number of nitrogens with zero attached hydrogens (tertiary/aromatic N) is 1. The average Bonchev–Trinajstić information content (AvgIpc) is 2.94. The van der Waals surface area contributed by atoms with Gasteiger partial charge >= 0.3 is 0 Å². The van der Waals surface area contributed by atoms with Gasteiger partial charge in [0.2, 0.25) is 0 Å². The van der Waals surface area contributed by atoms with Crippen molar-refractivity contribution in [1.82, 2.24) is 10.6 Å². The Kier molecular flexibility index (Phi) is 6.72. The van der Waals surface area contributed by atoms with Crippen LogP contribution >= 0.6 is 0 Å². The highest BCUT2D eigenvalue weighted by atomic mass is 16.5. The maximum absolute atomic E-state index is 5.86. The van der Waals surface area contributed by atoms with Crippen LogP contribution in [0.5, 0.6) is 0 Å². The van der Waals surface area contributed by atoms with Crippen LogP contribution in [0.2, 0.25) is 0 Å². The lowest BCUT2D eigenvalue weighted by molar-refractivity contribution is -0.106. The summed E-state index contributed by atoms with van der Waals surface area (Å²) < 4.78 is 11.5. The second-order valence-corrected chi connectivity index (χ2v) is 7.74. The molecule has 0 aromatic rings. The number of nitrogens with one attached hydrogen (secondary N) is 2. The molecule has 0 radical (unpaired) electrons. The molecule has 1 saturated heterocycles. The van der Waals surface area contributed by atoms with Gasteiger partial charge in [-0.1, -0.05) is 27.7 Å². The van der Waals surface area contributed by atoms with E-state index >= 15 is 0 Å². The van der Waals surface area contributed by atoms with Gasteiger partial charge in [-0.2, -0.15) is 0 Å². The van der Waals surface area contributed by atoms with E-state index < -0.39 is 0 Å². The maximum atomic E-state index is 5.86. The number of guanidine groups is 1. The van der Waals surface area contributed by atoms with Crippen molar-refractivity contribution in [2.24, 2.45) is 22.2 Å². The number of fused-ring (bicyclic) bond motifs is 1. The molecule has 0 spiro atoms. The quantitative estimate of drug-likeness (QED) is 0.409. The zero-order valence-corrected chi connectivity index (χ0v) is 15.5. The molecule has 1 aliphatic carbocycles. The van der Waals surface area contributed by atoms with Gasteiger partial charge in [0.05, 0.1) is 19.3 Å². The Balaban J connectivity index is 1.78. The van der Waals surface area contributed by atoms with Crippen LogP contribution in [0.1, 0.15) is 47.5 Å². The van der Waals surface area contributed by atoms with E-state index in [-0.39, 0.29) is 5.41 Å². The molecular weight excluding hydrogens is 290 g/mol. The molecule has 23 heavy (non-hydrogen) atoms. The van der Waals surface area contributed by atoms with Gasteiger partial charge in [-0.05, 0) is 25.7 Å². The van der Waals surface area contributed by atoms with E-state index in [0.717, 1.165) is 38.6 Å². The van der Waals surface area contributed by atoms with Gasteiger partial charge in [0.1, 0.15) is 0 Å². The van der Waals surface area contributed by atoms with Crippen LogP contribution in [0.3, 0.4) is 0 Å². The Morgan fingerprint density at radius 2 is 2.13 bits per heavy atom. The van der Waals surface area contributed by atoms with Crippen molar-refractivity contribution in [3.63, 3.8) is 0 Å². The molecule has 1 heterocycles. The fraction of sp³-hybridized carbons (Fsp3) is 0.944. The minimum absolute atomic E-state index is 0.172. The third-order valence-electron chi connectivity index (χ3n) is 5.08. The van der Waals surface area contributed by atoms with Crippen molar-refractivity contribution < 1.29 is 9.47 Å². The van der Waals surface area contributed by atoms with E-state index in [4.69, 9.17) is 9.47 Å². The topological polar surface area (TPSA) is 54.9 Å². The fourth-order valence-electron chi connectivity index (χ4n) is 3.73. The summed E-state index contributed by atoms with van der Waals surface area (Å²) in [5, 5.41) is 6.98. The number of rotatable bonds is 8. The number of ether oxygens (including phenoxy) is 2. The van der Waals surface area contributed by atoms with Gasteiger partial charge in [-0.15, -0.1) is 0 Å². The van der Waals surface area contributed by atoms with Crippen molar-refractivity contribution in [3.8, 4) is 0 Å². The maximum Gasteiger partial charge on any atom is 0.191 e. The summed E-state index contributed by atoms with van der Waals surface area (Å²) in [6.07, 6.45) is 2.67. The lowest BCUT2D eigenvalue weighted by Gasteiger charge is -2.54. The first-order chi connectivity index (χ1) is 11.0. The molecule has 2 rings (SSSR count). The molecular formula is C18H35N3O2. The zero-order valence-electron chi connectivity index (χ0n) is 15.5. The van der Waals surface area contributed by atoms with Gasteiger partial charge < -0.3 is 20.1 Å². The molecule has 0 amide bonds. The van der Waals surface area contributed by atoms with E-state index in [9.17, 15) is 0 Å². The summed E-state index contributed by atoms with van der Waals surface area (Å²) in [7, 11) is 0. The normalized spacial score (nSPS) is 29.3. The molecule has 134 valence electrons.